The molecule has 0 aliphatic heterocycles. The number of rotatable bonds is 2. The molecule has 0 bridgehead atoms. The van der Waals surface area contributed by atoms with Gasteiger partial charge in [0.15, 0.2) is 0 Å². The lowest BCUT2D eigenvalue weighted by Gasteiger charge is -2.22. The molecule has 0 spiro atoms. The van der Waals surface area contributed by atoms with Crippen LogP contribution >= 0.6 is 22.6 Å². The number of benzene rings is 1. The quantitative estimate of drug-likeness (QED) is 0.588. The van der Waals surface area contributed by atoms with E-state index in [2.05, 4.69) is 68.2 Å². The van der Waals surface area contributed by atoms with E-state index in [4.69, 9.17) is 4.43 Å². The Morgan fingerprint density at radius 1 is 1.07 bits per heavy atom. The fourth-order valence-corrected chi connectivity index (χ4v) is 3.23. The van der Waals surface area contributed by atoms with Crippen LogP contribution in [0.5, 0.6) is 5.75 Å². The van der Waals surface area contributed by atoms with Crippen LogP contribution in [0, 0.1) is 17.4 Å². The summed E-state index contributed by atoms with van der Waals surface area (Å²) in [6, 6.07) is 4.34. The van der Waals surface area contributed by atoms with E-state index in [-0.39, 0.29) is 0 Å². The van der Waals surface area contributed by atoms with Crippen molar-refractivity contribution in [1.29, 1.82) is 0 Å². The summed E-state index contributed by atoms with van der Waals surface area (Å²) < 4.78 is 7.33. The van der Waals surface area contributed by atoms with Crippen molar-refractivity contribution in [2.24, 2.45) is 0 Å². The Kier molecular flexibility index (Phi) is 3.63. The molecule has 1 aromatic rings. The maximum Gasteiger partial charge on any atom is 0.242 e. The summed E-state index contributed by atoms with van der Waals surface area (Å²) in [7, 11) is -1.48. The Labute approximate surface area is 101 Å². The highest BCUT2D eigenvalue weighted by atomic mass is 127. The van der Waals surface area contributed by atoms with Gasteiger partial charge in [-0.25, -0.2) is 0 Å². The van der Waals surface area contributed by atoms with E-state index in [0.29, 0.717) is 0 Å². The first-order chi connectivity index (χ1) is 6.29. The Balaban J connectivity index is 3.09. The smallest absolute Gasteiger partial charge is 0.242 e. The molecule has 1 aromatic carbocycles. The zero-order chi connectivity index (χ0) is 10.9. The maximum atomic E-state index is 6.05. The lowest BCUT2D eigenvalue weighted by Crippen LogP contribution is -2.30. The summed E-state index contributed by atoms with van der Waals surface area (Å²) in [6.07, 6.45) is 0. The van der Waals surface area contributed by atoms with Gasteiger partial charge in [-0.3, -0.25) is 0 Å². The first-order valence-electron chi connectivity index (χ1n) is 4.75. The maximum absolute atomic E-state index is 6.05. The Morgan fingerprint density at radius 2 is 1.50 bits per heavy atom. The zero-order valence-corrected chi connectivity index (χ0v) is 12.6. The molecule has 0 aliphatic carbocycles. The minimum Gasteiger partial charge on any atom is -0.544 e. The molecule has 0 aliphatic rings. The molecule has 1 nitrogen and oxygen atoms in total. The van der Waals surface area contributed by atoms with E-state index < -0.39 is 8.32 Å². The van der Waals surface area contributed by atoms with Crippen molar-refractivity contribution < 1.29 is 4.43 Å². The molecule has 3 heteroatoms. The molecule has 0 aromatic heterocycles. The van der Waals surface area contributed by atoms with E-state index >= 15 is 0 Å². The molecular weight excluding hydrogens is 303 g/mol. The topological polar surface area (TPSA) is 9.23 Å². The lowest BCUT2D eigenvalue weighted by atomic mass is 10.1. The molecule has 0 saturated heterocycles. The van der Waals surface area contributed by atoms with Gasteiger partial charge in [-0.1, -0.05) is 0 Å². The molecule has 0 radical (unpaired) electrons. The SMILES string of the molecule is Cc1cc(I)cc(C)c1O[Si](C)(C)C. The van der Waals surface area contributed by atoms with Crippen LogP contribution in [0.25, 0.3) is 0 Å². The fraction of sp³-hybridized carbons (Fsp3) is 0.455. The van der Waals surface area contributed by atoms with E-state index in [1.165, 1.54) is 14.7 Å². The van der Waals surface area contributed by atoms with Gasteiger partial charge in [0.05, 0.1) is 0 Å². The van der Waals surface area contributed by atoms with Crippen molar-refractivity contribution in [2.45, 2.75) is 33.5 Å². The van der Waals surface area contributed by atoms with Crippen LogP contribution in [-0.2, 0) is 0 Å². The minimum atomic E-state index is -1.48. The minimum absolute atomic E-state index is 1.09. The predicted octanol–water partition coefficient (Wildman–Crippen LogP) is 4.12. The summed E-state index contributed by atoms with van der Waals surface area (Å²) in [4.78, 5) is 0. The third-order valence-electron chi connectivity index (χ3n) is 1.83. The Hall–Kier alpha value is -0.0331. The monoisotopic (exact) mass is 320 g/mol. The molecule has 14 heavy (non-hydrogen) atoms. The van der Waals surface area contributed by atoms with Crippen molar-refractivity contribution in [3.63, 3.8) is 0 Å². The van der Waals surface area contributed by atoms with Crippen LogP contribution in [0.1, 0.15) is 11.1 Å². The zero-order valence-electron chi connectivity index (χ0n) is 9.44. The molecule has 0 unspecified atom stereocenters. The Morgan fingerprint density at radius 3 is 1.86 bits per heavy atom. The molecule has 0 fully saturated rings. The third kappa shape index (κ3) is 3.27. The van der Waals surface area contributed by atoms with Gasteiger partial charge < -0.3 is 4.43 Å². The number of halogens is 1. The second kappa shape index (κ2) is 4.22. The Bertz CT molecular complexity index is 319. The van der Waals surface area contributed by atoms with E-state index in [1.54, 1.807) is 0 Å². The van der Waals surface area contributed by atoms with E-state index in [1.807, 2.05) is 0 Å². The summed E-state index contributed by atoms with van der Waals surface area (Å²) in [5.41, 5.74) is 2.49. The van der Waals surface area contributed by atoms with Crippen LogP contribution in [0.3, 0.4) is 0 Å². The number of aryl methyl sites for hydroxylation is 2. The van der Waals surface area contributed by atoms with Crippen molar-refractivity contribution >= 4 is 30.9 Å². The molecule has 78 valence electrons. The summed E-state index contributed by atoms with van der Waals surface area (Å²) in [5.74, 6) is 1.09. The standard InChI is InChI=1S/C11H17IOSi/c1-8-6-10(12)7-9(2)11(8)13-14(3,4)5/h6-7H,1-5H3. The van der Waals surface area contributed by atoms with Gasteiger partial charge in [-0.15, -0.1) is 0 Å². The highest BCUT2D eigenvalue weighted by Crippen LogP contribution is 2.27. The van der Waals surface area contributed by atoms with Gasteiger partial charge >= 0.3 is 0 Å². The van der Waals surface area contributed by atoms with Crippen molar-refractivity contribution in [1.82, 2.24) is 0 Å². The lowest BCUT2D eigenvalue weighted by molar-refractivity contribution is 0.548. The summed E-state index contributed by atoms with van der Waals surface area (Å²) in [5, 5.41) is 0. The highest BCUT2D eigenvalue weighted by molar-refractivity contribution is 14.1. The van der Waals surface area contributed by atoms with Crippen LogP contribution in [0.2, 0.25) is 19.6 Å². The van der Waals surface area contributed by atoms with Crippen molar-refractivity contribution in [3.05, 3.63) is 26.8 Å². The van der Waals surface area contributed by atoms with Gasteiger partial charge in [0.2, 0.25) is 8.32 Å². The van der Waals surface area contributed by atoms with Crippen molar-refractivity contribution in [2.75, 3.05) is 0 Å². The normalized spacial score (nSPS) is 11.6. The first-order valence-corrected chi connectivity index (χ1v) is 9.24. The second-order valence-electron chi connectivity index (χ2n) is 4.58. The van der Waals surface area contributed by atoms with Crippen molar-refractivity contribution in [3.8, 4) is 5.75 Å². The van der Waals surface area contributed by atoms with Gasteiger partial charge in [0.1, 0.15) is 5.75 Å². The molecule has 0 N–H and O–H groups in total. The number of hydrogen-bond acceptors (Lipinski definition) is 1. The van der Waals surface area contributed by atoms with E-state index in [0.717, 1.165) is 5.75 Å². The van der Waals surface area contributed by atoms with Gasteiger partial charge in [0.25, 0.3) is 0 Å². The summed E-state index contributed by atoms with van der Waals surface area (Å²) in [6.45, 7) is 10.9. The molecular formula is C11H17IOSi. The summed E-state index contributed by atoms with van der Waals surface area (Å²) >= 11 is 2.34. The van der Waals surface area contributed by atoms with Gasteiger partial charge in [0, 0.05) is 3.57 Å². The predicted molar refractivity (Wildman–Crippen MR) is 72.6 cm³/mol. The third-order valence-corrected chi connectivity index (χ3v) is 3.27. The van der Waals surface area contributed by atoms with E-state index in [9.17, 15) is 0 Å². The van der Waals surface area contributed by atoms with Crippen LogP contribution in [-0.4, -0.2) is 8.32 Å². The largest absolute Gasteiger partial charge is 0.544 e. The molecule has 1 rings (SSSR count). The second-order valence-corrected chi connectivity index (χ2v) is 10.3. The van der Waals surface area contributed by atoms with Crippen LogP contribution in [0.15, 0.2) is 12.1 Å². The molecule has 0 atom stereocenters. The van der Waals surface area contributed by atoms with Gasteiger partial charge in [-0.2, -0.15) is 0 Å². The fourth-order valence-electron chi connectivity index (χ4n) is 1.36. The molecule has 0 amide bonds. The average molecular weight is 320 g/mol. The number of hydrogen-bond donors (Lipinski definition) is 0. The first kappa shape index (κ1) is 12.0. The molecule has 0 saturated carbocycles. The average Bonchev–Trinajstić information content (AvgIpc) is 1.95. The molecule has 0 heterocycles. The van der Waals surface area contributed by atoms with Gasteiger partial charge in [-0.05, 0) is 79.3 Å². The highest BCUT2D eigenvalue weighted by Gasteiger charge is 2.18. The van der Waals surface area contributed by atoms with Crippen LogP contribution < -0.4 is 4.43 Å². The van der Waals surface area contributed by atoms with Crippen LogP contribution in [0.4, 0.5) is 0 Å².